The molecule has 0 aliphatic heterocycles. The van der Waals surface area contributed by atoms with Gasteiger partial charge in [-0.3, -0.25) is 4.79 Å². The van der Waals surface area contributed by atoms with E-state index in [1.54, 1.807) is 32.4 Å². The highest BCUT2D eigenvalue weighted by Gasteiger charge is 2.15. The van der Waals surface area contributed by atoms with E-state index < -0.39 is 0 Å². The van der Waals surface area contributed by atoms with Crippen molar-refractivity contribution < 1.29 is 23.5 Å². The summed E-state index contributed by atoms with van der Waals surface area (Å²) < 4.78 is 21.0. The molecule has 1 N–H and O–H groups in total. The second-order valence-corrected chi connectivity index (χ2v) is 6.95. The quantitative estimate of drug-likeness (QED) is 0.402. The summed E-state index contributed by atoms with van der Waals surface area (Å²) in [6.07, 6.45) is 3.79. The SMILES string of the molecule is COc1ccc(-c2noc(COC(=O)CCCc3c[nH]c4ccccc34)n2)c(OC)c1. The van der Waals surface area contributed by atoms with Crippen LogP contribution in [0.15, 0.2) is 53.2 Å². The number of hydrogen-bond donors (Lipinski definition) is 1. The largest absolute Gasteiger partial charge is 0.497 e. The molecule has 4 rings (SSSR count). The molecule has 4 aromatic rings. The minimum atomic E-state index is -0.304. The van der Waals surface area contributed by atoms with E-state index in [1.807, 2.05) is 24.4 Å². The molecule has 31 heavy (non-hydrogen) atoms. The Morgan fingerprint density at radius 3 is 2.84 bits per heavy atom. The van der Waals surface area contributed by atoms with Crippen molar-refractivity contribution in [3.05, 3.63) is 60.1 Å². The van der Waals surface area contributed by atoms with E-state index in [0.717, 1.165) is 11.9 Å². The maximum absolute atomic E-state index is 12.1. The topological polar surface area (TPSA) is 99.5 Å². The van der Waals surface area contributed by atoms with Crippen molar-refractivity contribution >= 4 is 16.9 Å². The summed E-state index contributed by atoms with van der Waals surface area (Å²) in [4.78, 5) is 19.6. The lowest BCUT2D eigenvalue weighted by Crippen LogP contribution is -2.05. The van der Waals surface area contributed by atoms with Crippen LogP contribution in [0.3, 0.4) is 0 Å². The van der Waals surface area contributed by atoms with E-state index >= 15 is 0 Å². The molecule has 0 atom stereocenters. The highest BCUT2D eigenvalue weighted by Crippen LogP contribution is 2.31. The lowest BCUT2D eigenvalue weighted by molar-refractivity contribution is -0.145. The zero-order valence-corrected chi connectivity index (χ0v) is 17.4. The van der Waals surface area contributed by atoms with Gasteiger partial charge in [0, 0.05) is 29.6 Å². The van der Waals surface area contributed by atoms with Gasteiger partial charge in [-0.25, -0.2) is 0 Å². The molecule has 2 aromatic carbocycles. The molecule has 0 aliphatic carbocycles. The average Bonchev–Trinajstić information content (AvgIpc) is 3.44. The number of esters is 1. The highest BCUT2D eigenvalue weighted by atomic mass is 16.6. The van der Waals surface area contributed by atoms with Gasteiger partial charge in [-0.2, -0.15) is 4.98 Å². The van der Waals surface area contributed by atoms with Crippen LogP contribution >= 0.6 is 0 Å². The van der Waals surface area contributed by atoms with Crippen molar-refractivity contribution in [2.75, 3.05) is 14.2 Å². The number of nitrogens with one attached hydrogen (secondary N) is 1. The summed E-state index contributed by atoms with van der Waals surface area (Å²) in [5.74, 6) is 1.48. The molecule has 8 nitrogen and oxygen atoms in total. The summed E-state index contributed by atoms with van der Waals surface area (Å²) in [6, 6.07) is 13.4. The number of aryl methyl sites for hydroxylation is 1. The first-order chi connectivity index (χ1) is 15.2. The minimum absolute atomic E-state index is 0.0720. The molecule has 0 fully saturated rings. The number of carbonyl (C=O) groups excluding carboxylic acids is 1. The fourth-order valence-corrected chi connectivity index (χ4v) is 3.38. The highest BCUT2D eigenvalue weighted by molar-refractivity contribution is 5.83. The molecule has 0 saturated carbocycles. The molecule has 0 aliphatic rings. The third-order valence-electron chi connectivity index (χ3n) is 4.98. The van der Waals surface area contributed by atoms with Crippen molar-refractivity contribution in [3.8, 4) is 22.9 Å². The Kier molecular flexibility index (Phi) is 6.16. The van der Waals surface area contributed by atoms with Crippen LogP contribution in [0.4, 0.5) is 0 Å². The van der Waals surface area contributed by atoms with Crippen LogP contribution in [0.1, 0.15) is 24.3 Å². The Bertz CT molecular complexity index is 1180. The number of H-pyrrole nitrogens is 1. The van der Waals surface area contributed by atoms with Gasteiger partial charge < -0.3 is 23.7 Å². The Morgan fingerprint density at radius 2 is 2.00 bits per heavy atom. The lowest BCUT2D eigenvalue weighted by Gasteiger charge is -2.07. The maximum Gasteiger partial charge on any atom is 0.306 e. The molecule has 0 bridgehead atoms. The van der Waals surface area contributed by atoms with Crippen molar-refractivity contribution in [1.82, 2.24) is 15.1 Å². The van der Waals surface area contributed by atoms with E-state index in [9.17, 15) is 4.79 Å². The van der Waals surface area contributed by atoms with Crippen LogP contribution in [0, 0.1) is 0 Å². The van der Waals surface area contributed by atoms with Gasteiger partial charge in [0.05, 0.1) is 19.8 Å². The number of methoxy groups -OCH3 is 2. The number of rotatable bonds is 9. The number of aromatic amines is 1. The Balaban J connectivity index is 1.29. The number of para-hydroxylation sites is 1. The third-order valence-corrected chi connectivity index (χ3v) is 4.98. The summed E-state index contributed by atoms with van der Waals surface area (Å²) in [5.41, 5.74) is 2.95. The number of carbonyl (C=O) groups is 1. The van der Waals surface area contributed by atoms with E-state index in [1.165, 1.54) is 10.9 Å². The lowest BCUT2D eigenvalue weighted by atomic mass is 10.1. The number of fused-ring (bicyclic) bond motifs is 1. The van der Waals surface area contributed by atoms with Gasteiger partial charge >= 0.3 is 5.97 Å². The molecular formula is C23H23N3O5. The summed E-state index contributed by atoms with van der Waals surface area (Å²) in [5, 5.41) is 5.14. The standard InChI is InChI=1S/C23H23N3O5/c1-28-16-10-11-18(20(12-16)29-2)23-25-21(31-26-23)14-30-22(27)9-5-6-15-13-24-19-8-4-3-7-17(15)19/h3-4,7-8,10-13,24H,5-6,9,14H2,1-2H3. The normalized spacial score (nSPS) is 10.9. The predicted octanol–water partition coefficient (Wildman–Crippen LogP) is 4.30. The Labute approximate surface area is 179 Å². The molecule has 0 radical (unpaired) electrons. The summed E-state index contributed by atoms with van der Waals surface area (Å²) >= 11 is 0. The number of ether oxygens (including phenoxy) is 3. The second kappa shape index (κ2) is 9.34. The number of nitrogens with zero attached hydrogens (tertiary/aromatic N) is 2. The number of hydrogen-bond acceptors (Lipinski definition) is 7. The van der Waals surface area contributed by atoms with Crippen LogP contribution < -0.4 is 9.47 Å². The van der Waals surface area contributed by atoms with Gasteiger partial charge in [-0.15, -0.1) is 0 Å². The maximum atomic E-state index is 12.1. The molecule has 2 heterocycles. The first-order valence-corrected chi connectivity index (χ1v) is 9.93. The summed E-state index contributed by atoms with van der Waals surface area (Å²) in [6.45, 7) is -0.0720. The average molecular weight is 421 g/mol. The molecule has 0 amide bonds. The van der Waals surface area contributed by atoms with Crippen molar-refractivity contribution in [2.45, 2.75) is 25.9 Å². The first kappa shape index (κ1) is 20.5. The van der Waals surface area contributed by atoms with Gasteiger partial charge in [-0.05, 0) is 36.6 Å². The van der Waals surface area contributed by atoms with E-state index in [-0.39, 0.29) is 18.5 Å². The predicted molar refractivity (Wildman–Crippen MR) is 114 cm³/mol. The molecule has 0 saturated heterocycles. The van der Waals surface area contributed by atoms with Crippen LogP contribution in [0.25, 0.3) is 22.3 Å². The Morgan fingerprint density at radius 1 is 1.13 bits per heavy atom. The molecule has 0 spiro atoms. The van der Waals surface area contributed by atoms with Gasteiger partial charge in [0.2, 0.25) is 5.82 Å². The van der Waals surface area contributed by atoms with Gasteiger partial charge in [-0.1, -0.05) is 23.4 Å². The van der Waals surface area contributed by atoms with Crippen LogP contribution in [0.5, 0.6) is 11.5 Å². The van der Waals surface area contributed by atoms with E-state index in [2.05, 4.69) is 21.2 Å². The summed E-state index contributed by atoms with van der Waals surface area (Å²) in [7, 11) is 3.13. The fourth-order valence-electron chi connectivity index (χ4n) is 3.38. The van der Waals surface area contributed by atoms with E-state index in [0.29, 0.717) is 35.7 Å². The molecule has 8 heteroatoms. The van der Waals surface area contributed by atoms with Gasteiger partial charge in [0.1, 0.15) is 11.5 Å². The zero-order chi connectivity index (χ0) is 21.6. The number of aromatic nitrogens is 3. The Hall–Kier alpha value is -3.81. The molecular weight excluding hydrogens is 398 g/mol. The minimum Gasteiger partial charge on any atom is -0.497 e. The first-order valence-electron chi connectivity index (χ1n) is 9.93. The van der Waals surface area contributed by atoms with Crippen molar-refractivity contribution in [1.29, 1.82) is 0 Å². The van der Waals surface area contributed by atoms with Crippen LogP contribution in [0.2, 0.25) is 0 Å². The van der Waals surface area contributed by atoms with Crippen LogP contribution in [-0.2, 0) is 22.6 Å². The monoisotopic (exact) mass is 421 g/mol. The smallest absolute Gasteiger partial charge is 0.306 e. The zero-order valence-electron chi connectivity index (χ0n) is 17.4. The fraction of sp³-hybridized carbons (Fsp3) is 0.261. The second-order valence-electron chi connectivity index (χ2n) is 6.95. The van der Waals surface area contributed by atoms with E-state index in [4.69, 9.17) is 18.7 Å². The molecule has 160 valence electrons. The van der Waals surface area contributed by atoms with Crippen LogP contribution in [-0.4, -0.2) is 35.3 Å². The van der Waals surface area contributed by atoms with Crippen molar-refractivity contribution in [2.24, 2.45) is 0 Å². The molecule has 0 unspecified atom stereocenters. The molecule has 2 aromatic heterocycles. The van der Waals surface area contributed by atoms with Gasteiger partial charge in [0.25, 0.3) is 5.89 Å². The third kappa shape index (κ3) is 4.69. The van der Waals surface area contributed by atoms with Gasteiger partial charge in [0.15, 0.2) is 6.61 Å². The van der Waals surface area contributed by atoms with Crippen molar-refractivity contribution in [3.63, 3.8) is 0 Å². The number of benzene rings is 2.